The van der Waals surface area contributed by atoms with Gasteiger partial charge < -0.3 is 9.47 Å². The van der Waals surface area contributed by atoms with Crippen molar-refractivity contribution < 1.29 is 14.3 Å². The van der Waals surface area contributed by atoms with Crippen LogP contribution in [0.3, 0.4) is 0 Å². The Morgan fingerprint density at radius 3 is 2.48 bits per heavy atom. The molecule has 0 N–H and O–H groups in total. The van der Waals surface area contributed by atoms with Gasteiger partial charge in [0.15, 0.2) is 5.16 Å². The first kappa shape index (κ1) is 19.2. The van der Waals surface area contributed by atoms with E-state index >= 15 is 0 Å². The van der Waals surface area contributed by atoms with Crippen molar-refractivity contribution in [3.8, 4) is 5.75 Å². The zero-order valence-corrected chi connectivity index (χ0v) is 16.0. The summed E-state index contributed by atoms with van der Waals surface area (Å²) in [7, 11) is 0. The number of hydrogen-bond acceptors (Lipinski definition) is 6. The van der Waals surface area contributed by atoms with Gasteiger partial charge in [0, 0.05) is 17.8 Å². The fourth-order valence-electron chi connectivity index (χ4n) is 2.48. The lowest BCUT2D eigenvalue weighted by atomic mass is 10.1. The van der Waals surface area contributed by atoms with Crippen molar-refractivity contribution in [3.05, 3.63) is 46.8 Å². The van der Waals surface area contributed by atoms with E-state index in [0.29, 0.717) is 19.4 Å². The van der Waals surface area contributed by atoms with Crippen LogP contribution >= 0.6 is 11.8 Å². The van der Waals surface area contributed by atoms with E-state index < -0.39 is 0 Å². The number of aryl methyl sites for hydroxylation is 3. The van der Waals surface area contributed by atoms with Gasteiger partial charge in [-0.25, -0.2) is 9.97 Å². The molecule has 0 radical (unpaired) electrons. The Labute approximate surface area is 153 Å². The van der Waals surface area contributed by atoms with Crippen molar-refractivity contribution in [2.24, 2.45) is 0 Å². The van der Waals surface area contributed by atoms with Crippen molar-refractivity contribution in [1.82, 2.24) is 9.97 Å². The van der Waals surface area contributed by atoms with Crippen LogP contribution in [0.5, 0.6) is 5.75 Å². The lowest BCUT2D eigenvalue weighted by Gasteiger charge is -2.10. The Morgan fingerprint density at radius 1 is 1.12 bits per heavy atom. The summed E-state index contributed by atoms with van der Waals surface area (Å²) in [6.07, 6.45) is 2.85. The summed E-state index contributed by atoms with van der Waals surface area (Å²) in [4.78, 5) is 20.8. The topological polar surface area (TPSA) is 61.3 Å². The molecule has 0 aliphatic heterocycles. The Morgan fingerprint density at radius 2 is 1.84 bits per heavy atom. The van der Waals surface area contributed by atoms with Gasteiger partial charge in [-0.05, 0) is 56.7 Å². The van der Waals surface area contributed by atoms with Crippen LogP contribution in [0.2, 0.25) is 0 Å². The Hall–Kier alpha value is -2.08. The molecular weight excluding hydrogens is 336 g/mol. The first-order chi connectivity index (χ1) is 12.0. The van der Waals surface area contributed by atoms with Crippen LogP contribution in [0.1, 0.15) is 28.9 Å². The first-order valence-corrected chi connectivity index (χ1v) is 9.45. The summed E-state index contributed by atoms with van der Waals surface area (Å²) in [5.74, 6) is 0.550. The molecule has 1 aromatic carbocycles. The zero-order chi connectivity index (χ0) is 18.2. The number of carbonyl (C=O) groups excluding carboxylic acids is 1. The molecule has 1 heterocycles. The number of benzene rings is 1. The fourth-order valence-corrected chi connectivity index (χ4v) is 2.94. The number of rotatable bonds is 8. The lowest BCUT2D eigenvalue weighted by Crippen LogP contribution is -2.13. The maximum absolute atomic E-state index is 11.9. The molecule has 1 aromatic heterocycles. The summed E-state index contributed by atoms with van der Waals surface area (Å²) in [5, 5.41) is 0.759. The minimum absolute atomic E-state index is 0.236. The van der Waals surface area contributed by atoms with Crippen LogP contribution in [0.4, 0.5) is 0 Å². The van der Waals surface area contributed by atoms with Gasteiger partial charge in [0.1, 0.15) is 19.0 Å². The highest BCUT2D eigenvalue weighted by Gasteiger charge is 2.11. The van der Waals surface area contributed by atoms with Crippen molar-refractivity contribution in [2.45, 2.75) is 38.8 Å². The maximum atomic E-state index is 11.9. The van der Waals surface area contributed by atoms with Crippen LogP contribution in [-0.2, 0) is 16.0 Å². The lowest BCUT2D eigenvalue weighted by molar-refractivity contribution is -0.144. The van der Waals surface area contributed by atoms with E-state index in [1.54, 1.807) is 0 Å². The van der Waals surface area contributed by atoms with Gasteiger partial charge >= 0.3 is 5.97 Å². The highest BCUT2D eigenvalue weighted by molar-refractivity contribution is 7.98. The smallest absolute Gasteiger partial charge is 0.306 e. The van der Waals surface area contributed by atoms with Crippen LogP contribution in [0.15, 0.2) is 29.4 Å². The molecule has 0 atom stereocenters. The van der Waals surface area contributed by atoms with E-state index in [1.165, 1.54) is 11.8 Å². The molecule has 0 aliphatic carbocycles. The second-order valence-corrected chi connectivity index (χ2v) is 6.52. The van der Waals surface area contributed by atoms with E-state index in [2.05, 4.69) is 9.97 Å². The largest absolute Gasteiger partial charge is 0.490 e. The SMILES string of the molecule is CSc1nc(C)c(CCC(=O)OCCOc2cccc(C)c2)c(C)n1. The number of thioether (sulfide) groups is 1. The second-order valence-electron chi connectivity index (χ2n) is 5.75. The standard InChI is InChI=1S/C19H24N2O3S/c1-13-6-5-7-16(12-13)23-10-11-24-18(22)9-8-17-14(2)20-19(25-4)21-15(17)3/h5-7,12H,8-11H2,1-4H3. The number of ether oxygens (including phenoxy) is 2. The zero-order valence-electron chi connectivity index (χ0n) is 15.2. The van der Waals surface area contributed by atoms with Crippen molar-refractivity contribution >= 4 is 17.7 Å². The molecule has 5 nitrogen and oxygen atoms in total. The molecule has 134 valence electrons. The molecule has 0 spiro atoms. The van der Waals surface area contributed by atoms with E-state index in [4.69, 9.17) is 9.47 Å². The van der Waals surface area contributed by atoms with E-state index in [1.807, 2.05) is 51.3 Å². The van der Waals surface area contributed by atoms with Gasteiger partial charge in [0.25, 0.3) is 0 Å². The predicted octanol–water partition coefficient (Wildman–Crippen LogP) is 3.68. The normalized spacial score (nSPS) is 10.6. The van der Waals surface area contributed by atoms with Crippen LogP contribution in [0.25, 0.3) is 0 Å². The minimum atomic E-state index is -0.236. The third-order valence-corrected chi connectivity index (χ3v) is 4.31. The number of esters is 1. The number of hydrogen-bond donors (Lipinski definition) is 0. The van der Waals surface area contributed by atoms with Gasteiger partial charge in [0.05, 0.1) is 0 Å². The summed E-state index contributed by atoms with van der Waals surface area (Å²) >= 11 is 1.52. The Kier molecular flexibility index (Phi) is 7.25. The average Bonchev–Trinajstić information content (AvgIpc) is 2.58. The first-order valence-electron chi connectivity index (χ1n) is 8.22. The van der Waals surface area contributed by atoms with Crippen molar-refractivity contribution in [2.75, 3.05) is 19.5 Å². The molecule has 0 saturated carbocycles. The molecule has 0 unspecified atom stereocenters. The molecule has 2 rings (SSSR count). The summed E-state index contributed by atoms with van der Waals surface area (Å²) < 4.78 is 10.8. The van der Waals surface area contributed by atoms with Crippen molar-refractivity contribution in [3.63, 3.8) is 0 Å². The van der Waals surface area contributed by atoms with E-state index in [9.17, 15) is 4.79 Å². The quantitative estimate of drug-likeness (QED) is 0.310. The molecular formula is C19H24N2O3S. The molecule has 0 fully saturated rings. The molecule has 0 aliphatic rings. The predicted molar refractivity (Wildman–Crippen MR) is 99.2 cm³/mol. The Balaban J connectivity index is 1.74. The highest BCUT2D eigenvalue weighted by atomic mass is 32.2. The van der Waals surface area contributed by atoms with Crippen LogP contribution < -0.4 is 4.74 Å². The van der Waals surface area contributed by atoms with Gasteiger partial charge in [-0.15, -0.1) is 0 Å². The van der Waals surface area contributed by atoms with E-state index in [-0.39, 0.29) is 12.6 Å². The molecule has 0 saturated heterocycles. The second kappa shape index (κ2) is 9.42. The molecule has 0 bridgehead atoms. The number of nitrogens with zero attached hydrogens (tertiary/aromatic N) is 2. The summed E-state index contributed by atoms with van der Waals surface area (Å²) in [6.45, 7) is 6.49. The third kappa shape index (κ3) is 6.05. The summed E-state index contributed by atoms with van der Waals surface area (Å²) in [5.41, 5.74) is 4.00. The monoisotopic (exact) mass is 360 g/mol. The highest BCUT2D eigenvalue weighted by Crippen LogP contribution is 2.17. The van der Waals surface area contributed by atoms with Gasteiger partial charge in [-0.3, -0.25) is 4.79 Å². The number of aromatic nitrogens is 2. The van der Waals surface area contributed by atoms with Gasteiger partial charge in [-0.1, -0.05) is 23.9 Å². The van der Waals surface area contributed by atoms with Gasteiger partial charge in [0.2, 0.25) is 0 Å². The molecule has 25 heavy (non-hydrogen) atoms. The van der Waals surface area contributed by atoms with E-state index in [0.717, 1.165) is 33.4 Å². The third-order valence-electron chi connectivity index (χ3n) is 3.77. The number of carbonyl (C=O) groups is 1. The molecule has 6 heteroatoms. The van der Waals surface area contributed by atoms with Crippen LogP contribution in [-0.4, -0.2) is 35.4 Å². The Bertz CT molecular complexity index is 711. The van der Waals surface area contributed by atoms with Gasteiger partial charge in [-0.2, -0.15) is 0 Å². The molecule has 0 amide bonds. The molecule has 2 aromatic rings. The summed E-state index contributed by atoms with van der Waals surface area (Å²) in [6, 6.07) is 7.78. The maximum Gasteiger partial charge on any atom is 0.306 e. The van der Waals surface area contributed by atoms with Crippen LogP contribution in [0, 0.1) is 20.8 Å². The minimum Gasteiger partial charge on any atom is -0.490 e. The fraction of sp³-hybridized carbons (Fsp3) is 0.421. The average molecular weight is 360 g/mol. The van der Waals surface area contributed by atoms with Crippen molar-refractivity contribution in [1.29, 1.82) is 0 Å².